The van der Waals surface area contributed by atoms with E-state index in [9.17, 15) is 19.2 Å². The van der Waals surface area contributed by atoms with Gasteiger partial charge in [0.1, 0.15) is 94.6 Å². The normalized spacial score (nSPS) is 13.1. The number of alkyl carbamates (subject to hydrolysis) is 4. The Labute approximate surface area is 660 Å². The van der Waals surface area contributed by atoms with E-state index in [1.807, 2.05) is 108 Å². The van der Waals surface area contributed by atoms with Crippen molar-refractivity contribution in [3.05, 3.63) is 163 Å². The Morgan fingerprint density at radius 1 is 0.295 bits per heavy atom. The number of carbonyl (C=O) groups excluding carboxylic acids is 4. The highest BCUT2D eigenvalue weighted by atomic mass is 16.6. The Bertz CT molecular complexity index is 3920. The maximum atomic E-state index is 12.7. The maximum Gasteiger partial charge on any atom is 0.407 e. The Kier molecular flexibility index (Phi) is 26.6. The average Bonchev–Trinajstić information content (AvgIpc) is 0.841. The van der Waals surface area contributed by atoms with Crippen LogP contribution in [-0.4, -0.2) is 133 Å². The first-order chi connectivity index (χ1) is 52.0. The van der Waals surface area contributed by atoms with E-state index in [1.54, 1.807) is 18.7 Å². The molecule has 1 aliphatic carbocycles. The van der Waals surface area contributed by atoms with Crippen LogP contribution in [0.4, 0.5) is 19.2 Å². The van der Waals surface area contributed by atoms with Gasteiger partial charge in [-0.3, -0.25) is 18.7 Å². The van der Waals surface area contributed by atoms with E-state index in [2.05, 4.69) is 194 Å². The van der Waals surface area contributed by atoms with Crippen LogP contribution in [0, 0.1) is 0 Å². The van der Waals surface area contributed by atoms with E-state index >= 15 is 0 Å². The third kappa shape index (κ3) is 25.9. The first kappa shape index (κ1) is 85.7. The Morgan fingerprint density at radius 3 is 0.616 bits per heavy atom. The second-order valence-corrected chi connectivity index (χ2v) is 37.0. The number of ether oxygens (including phenoxy) is 8. The molecular formula is C84H120N16O12. The van der Waals surface area contributed by atoms with Crippen LogP contribution in [0.25, 0.3) is 0 Å². The van der Waals surface area contributed by atoms with Gasteiger partial charge in [-0.15, -0.1) is 20.4 Å². The van der Waals surface area contributed by atoms with Gasteiger partial charge in [-0.2, -0.15) is 0 Å². The third-order valence-corrected chi connectivity index (χ3v) is 17.8. The summed E-state index contributed by atoms with van der Waals surface area (Å²) < 4.78 is 58.2. The predicted octanol–water partition coefficient (Wildman–Crippen LogP) is 14.3. The van der Waals surface area contributed by atoms with Crippen molar-refractivity contribution < 1.29 is 57.1 Å². The molecule has 0 spiro atoms. The van der Waals surface area contributed by atoms with Crippen LogP contribution in [0.5, 0.6) is 23.0 Å². The van der Waals surface area contributed by atoms with Crippen LogP contribution in [0.2, 0.25) is 0 Å². The van der Waals surface area contributed by atoms with Gasteiger partial charge in [0.05, 0.1) is 51.0 Å². The number of aromatic nitrogens is 12. The summed E-state index contributed by atoms with van der Waals surface area (Å²) in [6.07, 6.45) is 6.48. The van der Waals surface area contributed by atoms with Crippen molar-refractivity contribution in [2.75, 3.05) is 26.2 Å². The average molecular weight is 1550 g/mol. The van der Waals surface area contributed by atoms with Crippen molar-refractivity contribution in [2.24, 2.45) is 0 Å². The van der Waals surface area contributed by atoms with Gasteiger partial charge in [0.2, 0.25) is 0 Å². The largest absolute Gasteiger partial charge is 0.487 e. The first-order valence-corrected chi connectivity index (χ1v) is 38.6. The van der Waals surface area contributed by atoms with Crippen LogP contribution in [0.1, 0.15) is 256 Å². The molecule has 0 atom stereocenters. The molecule has 4 aromatic carbocycles. The Morgan fingerprint density at radius 2 is 0.464 bits per heavy atom. The van der Waals surface area contributed by atoms with E-state index in [0.29, 0.717) is 97.6 Å². The molecule has 28 heteroatoms. The predicted molar refractivity (Wildman–Crippen MR) is 426 cm³/mol. The van der Waals surface area contributed by atoms with Crippen LogP contribution >= 0.6 is 0 Å². The molecular weight excluding hydrogens is 1430 g/mol. The van der Waals surface area contributed by atoms with Crippen LogP contribution in [-0.2, 0) is 119 Å². The second-order valence-electron chi connectivity index (χ2n) is 37.0. The molecule has 4 amide bonds. The lowest BCUT2D eigenvalue weighted by Crippen LogP contribution is -2.34. The zero-order chi connectivity index (χ0) is 82.1. The van der Waals surface area contributed by atoms with Crippen molar-refractivity contribution in [3.8, 4) is 23.0 Å². The lowest BCUT2D eigenvalue weighted by molar-refractivity contribution is 0.0514. The fraction of sp³-hybridized carbons (Fsp3) is 0.571. The summed E-state index contributed by atoms with van der Waals surface area (Å²) in [5.41, 5.74) is 9.42. The van der Waals surface area contributed by atoms with Crippen molar-refractivity contribution in [1.82, 2.24) is 81.2 Å². The smallest absolute Gasteiger partial charge is 0.407 e. The molecule has 8 bridgehead atoms. The van der Waals surface area contributed by atoms with Crippen LogP contribution in [0.3, 0.4) is 0 Å². The number of fused-ring (bicyclic) bond motifs is 8. The summed E-state index contributed by atoms with van der Waals surface area (Å²) in [6, 6.07) is 18.0. The Hall–Kier alpha value is -10.3. The number of nitrogens with zero attached hydrogens (tertiary/aromatic N) is 12. The zero-order valence-corrected chi connectivity index (χ0v) is 70.5. The minimum Gasteiger partial charge on any atom is -0.487 e. The van der Waals surface area contributed by atoms with Gasteiger partial charge in [0.15, 0.2) is 0 Å². The molecule has 4 heterocycles. The molecule has 608 valence electrons. The standard InChI is InChI=1S/C84H120N16O12/c1-77(2,3)61-37-53-33-55-39-62(78(4,5)6)41-57(70(55)106-50-66-46-98(94-90-66)30-26-86-74(102)110-82(16,17)18)35-59-43-64(80(10,11)12)44-60(72(59)108-52-68-48-100(96-92-68)32-28-88-76(104)112-84(22,23)24)36-58-42-63(79(7,8)9)40-56(71(58)107-51-67-47-99(95-91-67)31-27-87-75(103)111-83(19,20)21)34-54(38-61)69(53)105-49-65-45-97(93-89-65)29-25-85-73(101)109-81(13,14)15/h37-48H,25-36,49-52H2,1-24H3,(H,85,101)(H,86,102)(H,87,103)(H,88,104). The van der Waals surface area contributed by atoms with Gasteiger partial charge >= 0.3 is 24.4 Å². The van der Waals surface area contributed by atoms with Gasteiger partial charge in [-0.05, 0) is 172 Å². The molecule has 9 rings (SSSR count). The second kappa shape index (κ2) is 34.8. The minimum absolute atomic E-state index is 0.0304. The number of amides is 4. The number of nitrogens with one attached hydrogen (secondary N) is 4. The fourth-order valence-electron chi connectivity index (χ4n) is 12.3. The molecule has 1 aliphatic rings. The molecule has 0 saturated heterocycles. The molecule has 0 unspecified atom stereocenters. The highest BCUT2D eigenvalue weighted by Crippen LogP contribution is 2.45. The molecule has 4 aromatic heterocycles. The van der Waals surface area contributed by atoms with Gasteiger partial charge in [-0.1, -0.05) is 152 Å². The van der Waals surface area contributed by atoms with Crippen molar-refractivity contribution in [2.45, 2.75) is 289 Å². The van der Waals surface area contributed by atoms with E-state index in [-0.39, 0.29) is 74.3 Å². The number of rotatable bonds is 24. The third-order valence-electron chi connectivity index (χ3n) is 17.8. The lowest BCUT2D eigenvalue weighted by Gasteiger charge is -2.29. The number of carbonyl (C=O) groups is 4. The molecule has 0 saturated carbocycles. The first-order valence-electron chi connectivity index (χ1n) is 38.6. The Balaban J connectivity index is 1.25. The summed E-state index contributed by atoms with van der Waals surface area (Å²) in [6.45, 7) is 50.8. The zero-order valence-electron chi connectivity index (χ0n) is 70.5. The number of hydrogen-bond donors (Lipinski definition) is 4. The summed E-state index contributed by atoms with van der Waals surface area (Å²) >= 11 is 0. The maximum absolute atomic E-state index is 12.7. The molecule has 28 nitrogen and oxygen atoms in total. The molecule has 0 radical (unpaired) electrons. The summed E-state index contributed by atoms with van der Waals surface area (Å²) in [5, 5.41) is 47.7. The number of hydrogen-bond acceptors (Lipinski definition) is 20. The highest BCUT2D eigenvalue weighted by molar-refractivity contribution is 5.69. The van der Waals surface area contributed by atoms with E-state index < -0.39 is 46.8 Å². The van der Waals surface area contributed by atoms with Crippen molar-refractivity contribution in [3.63, 3.8) is 0 Å². The summed E-state index contributed by atoms with van der Waals surface area (Å²) in [5.74, 6) is 2.56. The summed E-state index contributed by atoms with van der Waals surface area (Å²) in [4.78, 5) is 50.8. The summed E-state index contributed by atoms with van der Waals surface area (Å²) in [7, 11) is 0. The SMILES string of the molecule is CC(C)(C)OC(=O)NCCn1cc(COc2c3cc(C(C)(C)C)cc2Cc2cc(C(C)(C)C)cc(c2OCc2cn(CCNC(=O)OC(C)(C)C)nn2)Cc2cc(C(C)(C)C)cc(c2OCc2cn(CCNC(=O)OC(C)(C)C)nn2)Cc2cc(C(C)(C)C)cc(c2OCc2cn(CCNC(=O)OC(C)(C)C)nn2)C3)nn1. The van der Waals surface area contributed by atoms with E-state index in [0.717, 1.165) is 66.8 Å². The monoisotopic (exact) mass is 1540 g/mol. The van der Waals surface area contributed by atoms with Gasteiger partial charge in [0.25, 0.3) is 0 Å². The van der Waals surface area contributed by atoms with Crippen molar-refractivity contribution in [1.29, 1.82) is 0 Å². The van der Waals surface area contributed by atoms with Gasteiger partial charge < -0.3 is 59.2 Å². The fourth-order valence-corrected chi connectivity index (χ4v) is 12.3. The molecule has 0 aliphatic heterocycles. The molecule has 112 heavy (non-hydrogen) atoms. The highest BCUT2D eigenvalue weighted by Gasteiger charge is 2.32. The number of benzene rings is 4. The van der Waals surface area contributed by atoms with E-state index in [4.69, 9.17) is 37.9 Å². The van der Waals surface area contributed by atoms with E-state index in [1.165, 1.54) is 0 Å². The molecule has 8 aromatic rings. The lowest BCUT2D eigenvalue weighted by atomic mass is 9.79. The minimum atomic E-state index is -0.664. The topological polar surface area (TPSA) is 313 Å². The van der Waals surface area contributed by atoms with Crippen LogP contribution in [0.15, 0.2) is 73.3 Å². The van der Waals surface area contributed by atoms with Crippen LogP contribution < -0.4 is 40.2 Å². The quantitative estimate of drug-likeness (QED) is 0.0408. The molecule has 0 fully saturated rings. The van der Waals surface area contributed by atoms with Gasteiger partial charge in [-0.25, -0.2) is 19.2 Å². The molecule has 4 N–H and O–H groups in total. The van der Waals surface area contributed by atoms with Crippen molar-refractivity contribution >= 4 is 24.4 Å². The van der Waals surface area contributed by atoms with Gasteiger partial charge in [0, 0.05) is 51.9 Å².